The van der Waals surface area contributed by atoms with E-state index >= 15 is 0 Å². The summed E-state index contributed by atoms with van der Waals surface area (Å²) in [5, 5.41) is 17.0. The Kier molecular flexibility index (Phi) is 4.44. The van der Waals surface area contributed by atoms with Gasteiger partial charge in [-0.1, -0.05) is 23.2 Å². The standard InChI is InChI=1S/C18H12Cl2N4O4/c1-8(23-17(25)12-7-22-24-4-2-3-21-16(12)24)14-13(20)10-5-9(19)6-11(18(26)27)15(10)28-14/h2-8H,1H3,(H,23,25)(H,26,27)/t8-/m0/s1. The van der Waals surface area contributed by atoms with Crippen molar-refractivity contribution in [2.75, 3.05) is 0 Å². The van der Waals surface area contributed by atoms with E-state index in [4.69, 9.17) is 27.6 Å². The van der Waals surface area contributed by atoms with Gasteiger partial charge in [-0.15, -0.1) is 0 Å². The van der Waals surface area contributed by atoms with E-state index in [0.717, 1.165) is 0 Å². The summed E-state index contributed by atoms with van der Waals surface area (Å²) < 4.78 is 7.17. The molecule has 8 nitrogen and oxygen atoms in total. The van der Waals surface area contributed by atoms with Gasteiger partial charge in [0.25, 0.3) is 5.91 Å². The topological polar surface area (TPSA) is 110 Å². The predicted molar refractivity (Wildman–Crippen MR) is 102 cm³/mol. The largest absolute Gasteiger partial charge is 0.478 e. The molecule has 1 atom stereocenters. The van der Waals surface area contributed by atoms with Gasteiger partial charge in [0, 0.05) is 22.8 Å². The molecule has 4 rings (SSSR count). The van der Waals surface area contributed by atoms with Gasteiger partial charge in [-0.2, -0.15) is 5.10 Å². The van der Waals surface area contributed by atoms with Crippen molar-refractivity contribution in [2.45, 2.75) is 13.0 Å². The second-order valence-corrected chi connectivity index (χ2v) is 6.87. The van der Waals surface area contributed by atoms with E-state index in [1.807, 2.05) is 0 Å². The Morgan fingerprint density at radius 2 is 2.07 bits per heavy atom. The first-order valence-corrected chi connectivity index (χ1v) is 8.86. The SMILES string of the molecule is C[C@H](NC(=O)c1cnn2cccnc12)c1oc2c(C(=O)O)cc(Cl)cc2c1Cl. The van der Waals surface area contributed by atoms with Crippen molar-refractivity contribution in [3.05, 3.63) is 63.7 Å². The molecule has 0 aliphatic carbocycles. The summed E-state index contributed by atoms with van der Waals surface area (Å²) in [6.45, 7) is 1.67. The van der Waals surface area contributed by atoms with E-state index in [0.29, 0.717) is 11.0 Å². The molecule has 1 aromatic carbocycles. The summed E-state index contributed by atoms with van der Waals surface area (Å²) in [6, 6.07) is 3.85. The number of carbonyl (C=O) groups is 2. The number of carbonyl (C=O) groups excluding carboxylic acids is 1. The second-order valence-electron chi connectivity index (χ2n) is 6.06. The summed E-state index contributed by atoms with van der Waals surface area (Å²) >= 11 is 12.4. The fraction of sp³-hybridized carbons (Fsp3) is 0.111. The summed E-state index contributed by atoms with van der Waals surface area (Å²) in [7, 11) is 0. The van der Waals surface area contributed by atoms with Crippen LogP contribution in [0.25, 0.3) is 16.6 Å². The van der Waals surface area contributed by atoms with Gasteiger partial charge in [0.15, 0.2) is 11.2 Å². The van der Waals surface area contributed by atoms with E-state index in [-0.39, 0.29) is 32.5 Å². The fourth-order valence-corrected chi connectivity index (χ4v) is 3.48. The van der Waals surface area contributed by atoms with Crippen molar-refractivity contribution >= 4 is 51.7 Å². The maximum atomic E-state index is 12.7. The number of benzene rings is 1. The number of rotatable bonds is 4. The van der Waals surface area contributed by atoms with Gasteiger partial charge in [-0.25, -0.2) is 14.3 Å². The average Bonchev–Trinajstić information content (AvgIpc) is 3.23. The fourth-order valence-electron chi connectivity index (χ4n) is 2.92. The first-order chi connectivity index (χ1) is 13.4. The van der Waals surface area contributed by atoms with Crippen LogP contribution in [0.1, 0.15) is 39.4 Å². The monoisotopic (exact) mass is 418 g/mol. The predicted octanol–water partition coefficient (Wildman–Crippen LogP) is 3.97. The van der Waals surface area contributed by atoms with E-state index in [9.17, 15) is 14.7 Å². The quantitative estimate of drug-likeness (QED) is 0.518. The molecule has 0 spiro atoms. The van der Waals surface area contributed by atoms with Gasteiger partial charge in [0.2, 0.25) is 0 Å². The van der Waals surface area contributed by atoms with Gasteiger partial charge in [-0.3, -0.25) is 4.79 Å². The van der Waals surface area contributed by atoms with Crippen LogP contribution in [-0.4, -0.2) is 31.6 Å². The minimum Gasteiger partial charge on any atom is -0.478 e. The second kappa shape index (κ2) is 6.81. The third-order valence-electron chi connectivity index (χ3n) is 4.21. The molecule has 1 amide bonds. The molecule has 142 valence electrons. The Hall–Kier alpha value is -3.10. The Balaban J connectivity index is 1.70. The van der Waals surface area contributed by atoms with Gasteiger partial charge in [0.1, 0.15) is 16.9 Å². The maximum absolute atomic E-state index is 12.7. The van der Waals surface area contributed by atoms with Crippen LogP contribution >= 0.6 is 23.2 Å². The number of carboxylic acids is 1. The normalized spacial score (nSPS) is 12.4. The number of hydrogen-bond acceptors (Lipinski definition) is 5. The van der Waals surface area contributed by atoms with Crippen LogP contribution in [0.15, 0.2) is 41.2 Å². The van der Waals surface area contributed by atoms with Crippen molar-refractivity contribution in [1.82, 2.24) is 19.9 Å². The lowest BCUT2D eigenvalue weighted by molar-refractivity contribution is 0.0697. The van der Waals surface area contributed by atoms with Gasteiger partial charge >= 0.3 is 5.97 Å². The molecule has 0 saturated carbocycles. The Morgan fingerprint density at radius 3 is 2.82 bits per heavy atom. The molecule has 3 aromatic heterocycles. The molecule has 0 fully saturated rings. The van der Waals surface area contributed by atoms with E-state index in [1.165, 1.54) is 22.8 Å². The summed E-state index contributed by atoms with van der Waals surface area (Å²) in [5.41, 5.74) is 0.674. The van der Waals surface area contributed by atoms with Crippen molar-refractivity contribution < 1.29 is 19.1 Å². The third kappa shape index (κ3) is 2.96. The van der Waals surface area contributed by atoms with Gasteiger partial charge in [0.05, 0.1) is 17.3 Å². The van der Waals surface area contributed by atoms with Crippen LogP contribution in [0.4, 0.5) is 0 Å². The smallest absolute Gasteiger partial charge is 0.339 e. The number of carboxylic acid groups (broad SMARTS) is 1. The number of aromatic nitrogens is 3. The van der Waals surface area contributed by atoms with Crippen LogP contribution in [0, 0.1) is 0 Å². The van der Waals surface area contributed by atoms with Crippen LogP contribution in [0.2, 0.25) is 10.0 Å². The molecule has 10 heteroatoms. The molecule has 0 unspecified atom stereocenters. The minimum absolute atomic E-state index is 0.0932. The summed E-state index contributed by atoms with van der Waals surface area (Å²) in [5.74, 6) is -1.40. The van der Waals surface area contributed by atoms with Gasteiger partial charge < -0.3 is 14.8 Å². The van der Waals surface area contributed by atoms with Gasteiger partial charge in [-0.05, 0) is 25.1 Å². The van der Waals surface area contributed by atoms with E-state index in [2.05, 4.69) is 15.4 Å². The van der Waals surface area contributed by atoms with Crippen molar-refractivity contribution in [3.63, 3.8) is 0 Å². The Bertz CT molecular complexity index is 1250. The number of nitrogens with one attached hydrogen (secondary N) is 1. The molecule has 0 aliphatic rings. The lowest BCUT2D eigenvalue weighted by Crippen LogP contribution is -2.26. The van der Waals surface area contributed by atoms with Crippen molar-refractivity contribution in [3.8, 4) is 0 Å². The molecule has 0 radical (unpaired) electrons. The molecule has 2 N–H and O–H groups in total. The lowest BCUT2D eigenvalue weighted by atomic mass is 10.1. The molecule has 0 saturated heterocycles. The Labute approximate surface area is 167 Å². The number of furan rings is 1. The lowest BCUT2D eigenvalue weighted by Gasteiger charge is -2.11. The first-order valence-electron chi connectivity index (χ1n) is 8.10. The molecule has 28 heavy (non-hydrogen) atoms. The zero-order chi connectivity index (χ0) is 20.0. The van der Waals surface area contributed by atoms with Crippen LogP contribution in [-0.2, 0) is 0 Å². The number of hydrogen-bond donors (Lipinski definition) is 2. The van der Waals surface area contributed by atoms with Crippen LogP contribution in [0.3, 0.4) is 0 Å². The minimum atomic E-state index is -1.20. The molecule has 0 aliphatic heterocycles. The first kappa shape index (κ1) is 18.3. The number of amides is 1. The summed E-state index contributed by atoms with van der Waals surface area (Å²) in [4.78, 5) is 28.3. The average molecular weight is 419 g/mol. The highest BCUT2D eigenvalue weighted by molar-refractivity contribution is 6.38. The number of halogens is 2. The van der Waals surface area contributed by atoms with E-state index < -0.39 is 17.9 Å². The third-order valence-corrected chi connectivity index (χ3v) is 4.82. The van der Waals surface area contributed by atoms with E-state index in [1.54, 1.807) is 25.4 Å². The molecule has 3 heterocycles. The number of nitrogens with zero attached hydrogens (tertiary/aromatic N) is 3. The zero-order valence-corrected chi connectivity index (χ0v) is 15.8. The highest BCUT2D eigenvalue weighted by atomic mass is 35.5. The molecule has 4 aromatic rings. The zero-order valence-electron chi connectivity index (χ0n) is 14.3. The van der Waals surface area contributed by atoms with Crippen molar-refractivity contribution in [1.29, 1.82) is 0 Å². The maximum Gasteiger partial charge on any atom is 0.339 e. The molecule has 0 bridgehead atoms. The Morgan fingerprint density at radius 1 is 1.29 bits per heavy atom. The highest BCUT2D eigenvalue weighted by Gasteiger charge is 2.25. The highest BCUT2D eigenvalue weighted by Crippen LogP contribution is 2.37. The summed E-state index contributed by atoms with van der Waals surface area (Å²) in [6.07, 6.45) is 4.65. The van der Waals surface area contributed by atoms with Crippen LogP contribution < -0.4 is 5.32 Å². The number of fused-ring (bicyclic) bond motifs is 2. The number of aromatic carboxylic acids is 1. The van der Waals surface area contributed by atoms with Crippen molar-refractivity contribution in [2.24, 2.45) is 0 Å². The van der Waals surface area contributed by atoms with Crippen LogP contribution in [0.5, 0.6) is 0 Å². The molecular formula is C18H12Cl2N4O4. The molecular weight excluding hydrogens is 407 g/mol.